The Labute approximate surface area is 234 Å². The lowest BCUT2D eigenvalue weighted by Crippen LogP contribution is -2.36. The Morgan fingerprint density at radius 2 is 1.72 bits per heavy atom. The molecule has 0 atom stereocenters. The third-order valence-corrected chi connectivity index (χ3v) is 11.4. The van der Waals surface area contributed by atoms with Crippen molar-refractivity contribution in [2.75, 3.05) is 31.7 Å². The van der Waals surface area contributed by atoms with Crippen LogP contribution in [0.1, 0.15) is 51.0 Å². The third-order valence-electron chi connectivity index (χ3n) is 8.15. The number of anilines is 1. The van der Waals surface area contributed by atoms with Crippen molar-refractivity contribution in [2.45, 2.75) is 57.0 Å². The van der Waals surface area contributed by atoms with Crippen molar-refractivity contribution in [1.82, 2.24) is 0 Å². The molecule has 2 aliphatic rings. The van der Waals surface area contributed by atoms with Gasteiger partial charge in [0.1, 0.15) is 20.3 Å². The van der Waals surface area contributed by atoms with E-state index in [1.165, 1.54) is 40.4 Å². The smallest absolute Gasteiger partial charge is 0.300 e. The molecule has 1 saturated heterocycles. The van der Waals surface area contributed by atoms with E-state index in [2.05, 4.69) is 73.3 Å². The largest absolute Gasteiger partial charge is 0.497 e. The number of rotatable bonds is 11. The molecule has 1 heterocycles. The van der Waals surface area contributed by atoms with Gasteiger partial charge in [0.15, 0.2) is 0 Å². The molecule has 1 saturated carbocycles. The van der Waals surface area contributed by atoms with E-state index < -0.39 is 14.8 Å². The van der Waals surface area contributed by atoms with Gasteiger partial charge in [0, 0.05) is 36.5 Å². The average Bonchev–Trinajstić information content (AvgIpc) is 3.80. The lowest BCUT2D eigenvalue weighted by atomic mass is 9.94. The van der Waals surface area contributed by atoms with E-state index in [0.717, 1.165) is 37.4 Å². The summed E-state index contributed by atoms with van der Waals surface area (Å²) in [7, 11) is 0.662. The molecule has 0 aromatic heterocycles. The predicted molar refractivity (Wildman–Crippen MR) is 160 cm³/mol. The quantitative estimate of drug-likeness (QED) is 0.272. The van der Waals surface area contributed by atoms with Crippen LogP contribution in [0, 0.1) is 5.92 Å². The zero-order valence-corrected chi connectivity index (χ0v) is 24.4. The number of carboxylic acid groups (broad SMARTS) is 1. The highest BCUT2D eigenvalue weighted by molar-refractivity contribution is 6.77. The molecular formula is C33H40NO4Si. The number of aliphatic carboxylic acids is 1. The first-order chi connectivity index (χ1) is 18.9. The van der Waals surface area contributed by atoms with Crippen molar-refractivity contribution in [3.63, 3.8) is 0 Å². The second kappa shape index (κ2) is 12.3. The number of piperidine rings is 1. The second-order valence-electron chi connectivity index (χ2n) is 11.3. The number of methoxy groups -OCH3 is 1. The number of nitrogens with zero attached hydrogens (tertiary/aromatic N) is 1. The van der Waals surface area contributed by atoms with Crippen LogP contribution in [0.3, 0.4) is 0 Å². The SMILES string of the molecule is COc1ccc(-c2ccc(C(C)C)cc2)c(N2CCC(COc3cccc([Si](CC(=O)O)C4CC4)c3)CC2)c1. The van der Waals surface area contributed by atoms with E-state index in [-0.39, 0.29) is 0 Å². The van der Waals surface area contributed by atoms with Gasteiger partial charge in [-0.25, -0.2) is 0 Å². The molecule has 5 rings (SSSR count). The van der Waals surface area contributed by atoms with Gasteiger partial charge in [0.2, 0.25) is 0 Å². The molecule has 0 unspecified atom stereocenters. The molecule has 0 amide bonds. The Balaban J connectivity index is 1.22. The molecule has 1 aliphatic heterocycles. The van der Waals surface area contributed by atoms with Gasteiger partial charge < -0.3 is 19.5 Å². The molecule has 1 aliphatic carbocycles. The van der Waals surface area contributed by atoms with Gasteiger partial charge in [-0.3, -0.25) is 4.79 Å². The topological polar surface area (TPSA) is 59.0 Å². The predicted octanol–water partition coefficient (Wildman–Crippen LogP) is 6.73. The summed E-state index contributed by atoms with van der Waals surface area (Å²) in [6, 6.07) is 23.9. The third kappa shape index (κ3) is 6.85. The lowest BCUT2D eigenvalue weighted by molar-refractivity contribution is -0.134. The number of carboxylic acids is 1. The van der Waals surface area contributed by atoms with Gasteiger partial charge in [-0.05, 0) is 65.6 Å². The molecule has 0 bridgehead atoms. The van der Waals surface area contributed by atoms with E-state index >= 15 is 0 Å². The van der Waals surface area contributed by atoms with Crippen LogP contribution in [0.5, 0.6) is 11.5 Å². The molecule has 39 heavy (non-hydrogen) atoms. The normalized spacial score (nSPS) is 16.1. The Bertz CT molecular complexity index is 1260. The van der Waals surface area contributed by atoms with Crippen molar-refractivity contribution in [3.05, 3.63) is 72.3 Å². The maximum Gasteiger partial charge on any atom is 0.300 e. The number of ether oxygens (including phenoxy) is 2. The van der Waals surface area contributed by atoms with Crippen LogP contribution in [0.4, 0.5) is 5.69 Å². The van der Waals surface area contributed by atoms with Crippen LogP contribution in [-0.4, -0.2) is 46.7 Å². The summed E-state index contributed by atoms with van der Waals surface area (Å²) in [6.45, 7) is 7.11. The molecule has 1 radical (unpaired) electrons. The van der Waals surface area contributed by atoms with Crippen molar-refractivity contribution in [2.24, 2.45) is 5.92 Å². The highest BCUT2D eigenvalue weighted by Crippen LogP contribution is 2.40. The average molecular weight is 543 g/mol. The van der Waals surface area contributed by atoms with E-state index in [4.69, 9.17) is 9.47 Å². The fourth-order valence-electron chi connectivity index (χ4n) is 5.61. The summed E-state index contributed by atoms with van der Waals surface area (Å²) in [4.78, 5) is 13.9. The molecule has 0 spiro atoms. The molecule has 5 nitrogen and oxygen atoms in total. The van der Waals surface area contributed by atoms with Crippen LogP contribution < -0.4 is 19.6 Å². The maximum absolute atomic E-state index is 11.4. The fourth-order valence-corrected chi connectivity index (χ4v) is 8.40. The summed E-state index contributed by atoms with van der Waals surface area (Å²) in [5.41, 5.74) is 5.66. The van der Waals surface area contributed by atoms with E-state index in [0.29, 0.717) is 30.0 Å². The zero-order valence-electron chi connectivity index (χ0n) is 23.4. The van der Waals surface area contributed by atoms with Crippen LogP contribution in [0.15, 0.2) is 66.7 Å². The monoisotopic (exact) mass is 542 g/mol. The van der Waals surface area contributed by atoms with Crippen molar-refractivity contribution in [3.8, 4) is 22.6 Å². The summed E-state index contributed by atoms with van der Waals surface area (Å²) in [6.07, 6.45) is 4.48. The van der Waals surface area contributed by atoms with Crippen LogP contribution >= 0.6 is 0 Å². The van der Waals surface area contributed by atoms with Crippen molar-refractivity contribution >= 4 is 25.6 Å². The summed E-state index contributed by atoms with van der Waals surface area (Å²) >= 11 is 0. The molecule has 205 valence electrons. The van der Waals surface area contributed by atoms with Gasteiger partial charge in [0.25, 0.3) is 0 Å². The summed E-state index contributed by atoms with van der Waals surface area (Å²) in [5.74, 6) is 2.09. The number of hydrogen-bond donors (Lipinski definition) is 1. The minimum Gasteiger partial charge on any atom is -0.497 e. The highest BCUT2D eigenvalue weighted by Gasteiger charge is 2.35. The standard InChI is InChI=1S/C33H40NO4Si/c1-23(2)25-7-9-26(10-8-25)31-14-11-27(37-3)20-32(31)34-17-15-24(16-18-34)21-38-28-5-4-6-30(19-28)39(22-33(35)36)29-12-13-29/h4-11,14,19-20,23-24,29H,12-13,15-18,21-22H2,1-3H3,(H,35,36). The first kappa shape index (κ1) is 27.3. The fraction of sp³-hybridized carbons (Fsp3) is 0.424. The molecule has 1 N–H and O–H groups in total. The molecule has 2 fully saturated rings. The minimum atomic E-state index is -1.07. The Morgan fingerprint density at radius 1 is 0.974 bits per heavy atom. The van der Waals surface area contributed by atoms with Gasteiger partial charge in [-0.1, -0.05) is 68.3 Å². The molecule has 3 aromatic carbocycles. The summed E-state index contributed by atoms with van der Waals surface area (Å²) in [5, 5.41) is 10.6. The lowest BCUT2D eigenvalue weighted by Gasteiger charge is -2.35. The highest BCUT2D eigenvalue weighted by atomic mass is 28.3. The maximum atomic E-state index is 11.4. The summed E-state index contributed by atoms with van der Waals surface area (Å²) < 4.78 is 11.9. The molecule has 3 aromatic rings. The van der Waals surface area contributed by atoms with Gasteiger partial charge in [0.05, 0.1) is 13.7 Å². The Hall–Kier alpha value is -3.25. The first-order valence-corrected chi connectivity index (χ1v) is 16.0. The Kier molecular flexibility index (Phi) is 8.61. The number of hydrogen-bond acceptors (Lipinski definition) is 4. The zero-order chi connectivity index (χ0) is 27.4. The van der Waals surface area contributed by atoms with Gasteiger partial charge in [-0.2, -0.15) is 0 Å². The second-order valence-corrected chi connectivity index (χ2v) is 14.1. The number of benzene rings is 3. The van der Waals surface area contributed by atoms with E-state index in [1.54, 1.807) is 7.11 Å². The van der Waals surface area contributed by atoms with Crippen LogP contribution in [0.25, 0.3) is 11.1 Å². The van der Waals surface area contributed by atoms with Crippen LogP contribution in [-0.2, 0) is 4.79 Å². The molecular weight excluding hydrogens is 502 g/mol. The van der Waals surface area contributed by atoms with Gasteiger partial charge in [-0.15, -0.1) is 0 Å². The van der Waals surface area contributed by atoms with Crippen molar-refractivity contribution < 1.29 is 19.4 Å². The van der Waals surface area contributed by atoms with E-state index in [1.807, 2.05) is 12.1 Å². The first-order valence-electron chi connectivity index (χ1n) is 14.3. The van der Waals surface area contributed by atoms with Gasteiger partial charge >= 0.3 is 5.97 Å². The minimum absolute atomic E-state index is 0.297. The van der Waals surface area contributed by atoms with Crippen molar-refractivity contribution in [1.29, 1.82) is 0 Å². The molecule has 6 heteroatoms. The van der Waals surface area contributed by atoms with E-state index in [9.17, 15) is 9.90 Å². The number of carbonyl (C=O) groups is 1. The van der Waals surface area contributed by atoms with Crippen LogP contribution in [0.2, 0.25) is 11.6 Å². The Morgan fingerprint density at radius 3 is 2.36 bits per heavy atom.